The molecule has 1 saturated heterocycles. The maximum Gasteiger partial charge on any atom is 0.0535 e. The minimum Gasteiger partial charge on any atom is -0.308 e. The second kappa shape index (κ2) is 6.41. The molecule has 1 fully saturated rings. The Morgan fingerprint density at radius 2 is 2.19 bits per heavy atom. The van der Waals surface area contributed by atoms with Crippen LogP contribution >= 0.6 is 0 Å². The Kier molecular flexibility index (Phi) is 4.36. The van der Waals surface area contributed by atoms with Gasteiger partial charge in [0.1, 0.15) is 0 Å². The number of likely N-dealkylation sites (tertiary alicyclic amines) is 1. The van der Waals surface area contributed by atoms with Crippen molar-refractivity contribution in [2.75, 3.05) is 13.1 Å². The van der Waals surface area contributed by atoms with E-state index in [1.807, 2.05) is 6.20 Å². The predicted molar refractivity (Wildman–Crippen MR) is 85.0 cm³/mol. The number of hydrogen-bond donors (Lipinski definition) is 2. The lowest BCUT2D eigenvalue weighted by atomic mass is 10.1. The molecule has 0 bridgehead atoms. The molecule has 21 heavy (non-hydrogen) atoms. The molecule has 2 aromatic rings. The zero-order valence-electron chi connectivity index (χ0n) is 12.8. The second-order valence-electron chi connectivity index (χ2n) is 5.97. The van der Waals surface area contributed by atoms with Crippen LogP contribution in [0.2, 0.25) is 0 Å². The van der Waals surface area contributed by atoms with E-state index < -0.39 is 0 Å². The Morgan fingerprint density at radius 1 is 1.38 bits per heavy atom. The normalized spacial score (nSPS) is 20.8. The van der Waals surface area contributed by atoms with Crippen molar-refractivity contribution in [3.05, 3.63) is 53.3 Å². The number of H-pyrrole nitrogens is 1. The Labute approximate surface area is 126 Å². The van der Waals surface area contributed by atoms with Crippen molar-refractivity contribution in [2.45, 2.75) is 38.9 Å². The summed E-state index contributed by atoms with van der Waals surface area (Å²) >= 11 is 0. The van der Waals surface area contributed by atoms with Gasteiger partial charge >= 0.3 is 0 Å². The van der Waals surface area contributed by atoms with Crippen molar-refractivity contribution in [1.82, 2.24) is 20.4 Å². The number of rotatable bonds is 5. The van der Waals surface area contributed by atoms with Crippen molar-refractivity contribution in [3.63, 3.8) is 0 Å². The van der Waals surface area contributed by atoms with E-state index in [4.69, 9.17) is 0 Å². The smallest absolute Gasteiger partial charge is 0.0535 e. The van der Waals surface area contributed by atoms with E-state index in [0.717, 1.165) is 25.3 Å². The van der Waals surface area contributed by atoms with Crippen LogP contribution in [0.25, 0.3) is 0 Å². The SMILES string of the molecule is Cc1[nH]ncc1CN[C@H]1CCN([C@@H](C)c2ccccc2)C1. The van der Waals surface area contributed by atoms with Crippen LogP contribution in [0.3, 0.4) is 0 Å². The molecule has 1 aromatic heterocycles. The van der Waals surface area contributed by atoms with E-state index in [1.165, 1.54) is 17.5 Å². The van der Waals surface area contributed by atoms with E-state index in [-0.39, 0.29) is 0 Å². The van der Waals surface area contributed by atoms with Gasteiger partial charge in [-0.05, 0) is 25.8 Å². The number of aromatic nitrogens is 2. The third kappa shape index (κ3) is 3.34. The van der Waals surface area contributed by atoms with Crippen LogP contribution in [0.4, 0.5) is 0 Å². The van der Waals surface area contributed by atoms with Crippen molar-refractivity contribution in [1.29, 1.82) is 0 Å². The van der Waals surface area contributed by atoms with Gasteiger partial charge in [0.25, 0.3) is 0 Å². The molecule has 112 valence electrons. The maximum absolute atomic E-state index is 4.07. The highest BCUT2D eigenvalue weighted by Crippen LogP contribution is 2.24. The van der Waals surface area contributed by atoms with Crippen LogP contribution in [0.15, 0.2) is 36.5 Å². The molecule has 2 heterocycles. The van der Waals surface area contributed by atoms with Crippen LogP contribution < -0.4 is 5.32 Å². The summed E-state index contributed by atoms with van der Waals surface area (Å²) < 4.78 is 0. The first-order chi connectivity index (χ1) is 10.2. The molecule has 0 amide bonds. The fourth-order valence-corrected chi connectivity index (χ4v) is 3.06. The standard InChI is InChI=1S/C17H24N4/c1-13-16(11-19-20-13)10-18-17-8-9-21(12-17)14(2)15-6-4-3-5-7-15/h3-7,11,14,17-18H,8-10,12H2,1-2H3,(H,19,20)/t14-,17-/m0/s1. The van der Waals surface area contributed by atoms with Crippen molar-refractivity contribution >= 4 is 0 Å². The Hall–Kier alpha value is -1.65. The van der Waals surface area contributed by atoms with E-state index in [1.54, 1.807) is 0 Å². The summed E-state index contributed by atoms with van der Waals surface area (Å²) in [6, 6.07) is 11.8. The lowest BCUT2D eigenvalue weighted by Gasteiger charge is -2.24. The van der Waals surface area contributed by atoms with Gasteiger partial charge < -0.3 is 5.32 Å². The first-order valence-electron chi connectivity index (χ1n) is 7.75. The monoisotopic (exact) mass is 284 g/mol. The Bertz CT molecular complexity index is 563. The summed E-state index contributed by atoms with van der Waals surface area (Å²) in [7, 11) is 0. The average molecular weight is 284 g/mol. The zero-order valence-corrected chi connectivity index (χ0v) is 12.8. The number of benzene rings is 1. The summed E-state index contributed by atoms with van der Waals surface area (Å²) in [6.45, 7) is 7.56. The number of nitrogens with one attached hydrogen (secondary N) is 2. The fourth-order valence-electron chi connectivity index (χ4n) is 3.06. The summed E-state index contributed by atoms with van der Waals surface area (Å²) in [4.78, 5) is 2.56. The summed E-state index contributed by atoms with van der Waals surface area (Å²) in [5, 5.41) is 10.7. The van der Waals surface area contributed by atoms with Gasteiger partial charge in [0.15, 0.2) is 0 Å². The molecule has 4 nitrogen and oxygen atoms in total. The summed E-state index contributed by atoms with van der Waals surface area (Å²) in [5.74, 6) is 0. The predicted octanol–water partition coefficient (Wildman–Crippen LogP) is 2.64. The molecule has 2 N–H and O–H groups in total. The average Bonchev–Trinajstić information content (AvgIpc) is 3.14. The van der Waals surface area contributed by atoms with Gasteiger partial charge in [-0.2, -0.15) is 5.10 Å². The Balaban J connectivity index is 1.52. The highest BCUT2D eigenvalue weighted by atomic mass is 15.2. The molecule has 0 unspecified atom stereocenters. The molecule has 0 radical (unpaired) electrons. The summed E-state index contributed by atoms with van der Waals surface area (Å²) in [5.41, 5.74) is 3.84. The third-order valence-corrected chi connectivity index (χ3v) is 4.56. The van der Waals surface area contributed by atoms with Gasteiger partial charge in [-0.3, -0.25) is 10.00 Å². The van der Waals surface area contributed by atoms with E-state index in [0.29, 0.717) is 12.1 Å². The highest BCUT2D eigenvalue weighted by molar-refractivity contribution is 5.19. The van der Waals surface area contributed by atoms with Gasteiger partial charge in [-0.15, -0.1) is 0 Å². The molecule has 3 rings (SSSR count). The van der Waals surface area contributed by atoms with Gasteiger partial charge in [-0.25, -0.2) is 0 Å². The zero-order chi connectivity index (χ0) is 14.7. The molecule has 1 aromatic carbocycles. The molecule has 0 spiro atoms. The first kappa shape index (κ1) is 14.3. The largest absolute Gasteiger partial charge is 0.308 e. The number of aromatic amines is 1. The third-order valence-electron chi connectivity index (χ3n) is 4.56. The van der Waals surface area contributed by atoms with Crippen molar-refractivity contribution < 1.29 is 0 Å². The van der Waals surface area contributed by atoms with Gasteiger partial charge in [0.05, 0.1) is 6.20 Å². The lowest BCUT2D eigenvalue weighted by Crippen LogP contribution is -2.33. The molecule has 4 heteroatoms. The van der Waals surface area contributed by atoms with Crippen LogP contribution in [-0.2, 0) is 6.54 Å². The van der Waals surface area contributed by atoms with Crippen molar-refractivity contribution in [2.24, 2.45) is 0 Å². The fraction of sp³-hybridized carbons (Fsp3) is 0.471. The lowest BCUT2D eigenvalue weighted by molar-refractivity contribution is 0.255. The van der Waals surface area contributed by atoms with Crippen molar-refractivity contribution in [3.8, 4) is 0 Å². The molecular formula is C17H24N4. The topological polar surface area (TPSA) is 44.0 Å². The van der Waals surface area contributed by atoms with Crippen LogP contribution in [0.5, 0.6) is 0 Å². The van der Waals surface area contributed by atoms with Crippen LogP contribution in [0, 0.1) is 6.92 Å². The maximum atomic E-state index is 4.07. The minimum absolute atomic E-state index is 0.494. The van der Waals surface area contributed by atoms with Crippen LogP contribution in [0.1, 0.15) is 36.2 Å². The van der Waals surface area contributed by atoms with Gasteiger partial charge in [-0.1, -0.05) is 30.3 Å². The minimum atomic E-state index is 0.494. The molecule has 0 saturated carbocycles. The molecular weight excluding hydrogens is 260 g/mol. The Morgan fingerprint density at radius 3 is 2.90 bits per heavy atom. The highest BCUT2D eigenvalue weighted by Gasteiger charge is 2.26. The first-order valence-corrected chi connectivity index (χ1v) is 7.75. The summed E-state index contributed by atoms with van der Waals surface area (Å²) in [6.07, 6.45) is 3.13. The second-order valence-corrected chi connectivity index (χ2v) is 5.97. The molecule has 1 aliphatic rings. The van der Waals surface area contributed by atoms with E-state index in [2.05, 4.69) is 64.6 Å². The number of aryl methyl sites for hydroxylation is 1. The van der Waals surface area contributed by atoms with E-state index in [9.17, 15) is 0 Å². The molecule has 2 atom stereocenters. The number of nitrogens with zero attached hydrogens (tertiary/aromatic N) is 2. The molecule has 0 aliphatic carbocycles. The number of hydrogen-bond acceptors (Lipinski definition) is 3. The molecule has 1 aliphatic heterocycles. The van der Waals surface area contributed by atoms with Crippen LogP contribution in [-0.4, -0.2) is 34.2 Å². The quantitative estimate of drug-likeness (QED) is 0.887. The van der Waals surface area contributed by atoms with Gasteiger partial charge in [0, 0.05) is 43.0 Å². The van der Waals surface area contributed by atoms with Gasteiger partial charge in [0.2, 0.25) is 0 Å². The van der Waals surface area contributed by atoms with E-state index >= 15 is 0 Å².